The molecular weight excluding hydrogens is 328 g/mol. The Morgan fingerprint density at radius 1 is 1.36 bits per heavy atom. The van der Waals surface area contributed by atoms with Crippen LogP contribution in [0.15, 0.2) is 24.5 Å². The molecule has 0 spiro atoms. The average Bonchev–Trinajstić information content (AvgIpc) is 3.32. The second-order valence-electron chi connectivity index (χ2n) is 6.92. The van der Waals surface area contributed by atoms with Gasteiger partial charge in [0.05, 0.1) is 6.61 Å². The highest BCUT2D eigenvalue weighted by atomic mass is 32.2. The lowest BCUT2D eigenvalue weighted by Gasteiger charge is -2.39. The lowest BCUT2D eigenvalue weighted by atomic mass is 9.89. The molecule has 0 saturated carbocycles. The van der Waals surface area contributed by atoms with Crippen molar-refractivity contribution in [1.29, 1.82) is 0 Å². The van der Waals surface area contributed by atoms with Crippen LogP contribution in [0, 0.1) is 0 Å². The molecule has 2 fully saturated rings. The van der Waals surface area contributed by atoms with Crippen LogP contribution in [-0.4, -0.2) is 46.2 Å². The molecule has 2 atom stereocenters. The quantitative estimate of drug-likeness (QED) is 0.636. The number of aromatic nitrogens is 1. The molecule has 2 unspecified atom stereocenters. The zero-order valence-corrected chi connectivity index (χ0v) is 17.2. The van der Waals surface area contributed by atoms with Crippen LogP contribution in [0.2, 0.25) is 0 Å². The van der Waals surface area contributed by atoms with E-state index in [2.05, 4.69) is 34.6 Å². The maximum Gasteiger partial charge on any atom is 0.0650 e. The van der Waals surface area contributed by atoms with Gasteiger partial charge in [0.1, 0.15) is 0 Å². The predicted molar refractivity (Wildman–Crippen MR) is 109 cm³/mol. The van der Waals surface area contributed by atoms with Gasteiger partial charge in [0, 0.05) is 36.3 Å². The number of rotatable bonds is 8. The third kappa shape index (κ3) is 5.97. The third-order valence-electron chi connectivity index (χ3n) is 5.37. The van der Waals surface area contributed by atoms with Gasteiger partial charge in [-0.25, -0.2) is 0 Å². The largest absolute Gasteiger partial charge is 0.380 e. The van der Waals surface area contributed by atoms with Gasteiger partial charge in [-0.3, -0.25) is 9.88 Å². The van der Waals surface area contributed by atoms with E-state index in [4.69, 9.17) is 4.74 Å². The van der Waals surface area contributed by atoms with Crippen molar-refractivity contribution in [2.45, 2.75) is 76.6 Å². The van der Waals surface area contributed by atoms with Crippen LogP contribution in [-0.2, 0) is 11.3 Å². The Balaban J connectivity index is 0.00000109. The van der Waals surface area contributed by atoms with Crippen molar-refractivity contribution in [3.63, 3.8) is 0 Å². The number of pyridine rings is 1. The Morgan fingerprint density at radius 2 is 2.24 bits per heavy atom. The van der Waals surface area contributed by atoms with Gasteiger partial charge in [0.15, 0.2) is 0 Å². The van der Waals surface area contributed by atoms with E-state index < -0.39 is 0 Å². The maximum atomic E-state index is 5.94. The second kappa shape index (κ2) is 11.2. The molecule has 4 heteroatoms. The first-order chi connectivity index (χ1) is 12.3. The van der Waals surface area contributed by atoms with Gasteiger partial charge in [-0.2, -0.15) is 11.8 Å². The zero-order valence-electron chi connectivity index (χ0n) is 16.4. The van der Waals surface area contributed by atoms with Crippen molar-refractivity contribution in [1.82, 2.24) is 9.88 Å². The highest BCUT2D eigenvalue weighted by Gasteiger charge is 2.41. The first-order valence-corrected chi connectivity index (χ1v) is 11.2. The molecule has 0 radical (unpaired) electrons. The Hall–Kier alpha value is -0.580. The highest BCUT2D eigenvalue weighted by Crippen LogP contribution is 2.39. The monoisotopic (exact) mass is 364 g/mol. The van der Waals surface area contributed by atoms with Crippen LogP contribution >= 0.6 is 11.8 Å². The molecule has 0 aromatic carbocycles. The summed E-state index contributed by atoms with van der Waals surface area (Å²) in [4.78, 5) is 6.96. The van der Waals surface area contributed by atoms with E-state index in [0.29, 0.717) is 0 Å². The van der Waals surface area contributed by atoms with Crippen molar-refractivity contribution in [2.75, 3.05) is 25.5 Å². The molecule has 142 valence electrons. The molecular formula is C21H36N2OS. The standard InChI is InChI=1S/C19H30N2OS.C2H6/c1-2-22-16-19(10-8-18-7-4-13-23-18)9-5-12-21(19)15-17-6-3-11-20-14-17;1-2/h3,6,11,14,18H,2,4-5,7-10,12-13,15-16H2,1H3;1-2H3. The molecule has 0 amide bonds. The highest BCUT2D eigenvalue weighted by molar-refractivity contribution is 8.00. The van der Waals surface area contributed by atoms with E-state index in [9.17, 15) is 0 Å². The Kier molecular flexibility index (Phi) is 9.29. The summed E-state index contributed by atoms with van der Waals surface area (Å²) in [5.41, 5.74) is 1.57. The molecule has 25 heavy (non-hydrogen) atoms. The number of nitrogens with zero attached hydrogens (tertiary/aromatic N) is 2. The summed E-state index contributed by atoms with van der Waals surface area (Å²) >= 11 is 2.18. The minimum absolute atomic E-state index is 0.245. The van der Waals surface area contributed by atoms with E-state index in [-0.39, 0.29) is 5.54 Å². The Morgan fingerprint density at radius 3 is 2.92 bits per heavy atom. The molecule has 1 aromatic rings. The topological polar surface area (TPSA) is 25.4 Å². The molecule has 1 aromatic heterocycles. The summed E-state index contributed by atoms with van der Waals surface area (Å²) in [5, 5.41) is 0.884. The van der Waals surface area contributed by atoms with Crippen molar-refractivity contribution >= 4 is 11.8 Å². The normalized spacial score (nSPS) is 26.4. The third-order valence-corrected chi connectivity index (χ3v) is 6.83. The molecule has 2 aliphatic rings. The summed E-state index contributed by atoms with van der Waals surface area (Å²) in [6.07, 6.45) is 11.9. The van der Waals surface area contributed by atoms with Gasteiger partial charge in [-0.05, 0) is 69.4 Å². The molecule has 2 saturated heterocycles. The first kappa shape index (κ1) is 20.7. The zero-order chi connectivity index (χ0) is 18.0. The predicted octanol–water partition coefficient (Wildman–Crippen LogP) is 5.15. The molecule has 2 aliphatic heterocycles. The Labute approximate surface area is 158 Å². The van der Waals surface area contributed by atoms with Crippen LogP contribution < -0.4 is 0 Å². The van der Waals surface area contributed by atoms with Gasteiger partial charge in [-0.15, -0.1) is 0 Å². The van der Waals surface area contributed by atoms with Crippen molar-refractivity contribution in [3.8, 4) is 0 Å². The number of hydrogen-bond donors (Lipinski definition) is 0. The SMILES string of the molecule is CC.CCOCC1(CCC2CCCS2)CCCN1Cc1cccnc1. The number of hydrogen-bond acceptors (Lipinski definition) is 4. The average molecular weight is 365 g/mol. The van der Waals surface area contributed by atoms with Crippen molar-refractivity contribution in [3.05, 3.63) is 30.1 Å². The van der Waals surface area contributed by atoms with Gasteiger partial charge in [0.2, 0.25) is 0 Å². The second-order valence-corrected chi connectivity index (χ2v) is 8.33. The maximum absolute atomic E-state index is 5.94. The van der Waals surface area contributed by atoms with Crippen LogP contribution in [0.4, 0.5) is 0 Å². The fourth-order valence-electron chi connectivity index (χ4n) is 4.07. The fourth-order valence-corrected chi connectivity index (χ4v) is 5.35. The molecule has 3 heterocycles. The summed E-state index contributed by atoms with van der Waals surface area (Å²) in [6.45, 7) is 10.0. The fraction of sp³-hybridized carbons (Fsp3) is 0.762. The molecule has 0 aliphatic carbocycles. The number of ether oxygens (including phenoxy) is 1. The lowest BCUT2D eigenvalue weighted by molar-refractivity contribution is 0.00826. The smallest absolute Gasteiger partial charge is 0.0650 e. The minimum Gasteiger partial charge on any atom is -0.380 e. The van der Waals surface area contributed by atoms with Crippen molar-refractivity contribution < 1.29 is 4.74 Å². The molecule has 3 nitrogen and oxygen atoms in total. The van der Waals surface area contributed by atoms with Crippen LogP contribution in [0.25, 0.3) is 0 Å². The molecule has 3 rings (SSSR count). The summed E-state index contributed by atoms with van der Waals surface area (Å²) < 4.78 is 5.94. The molecule has 0 N–H and O–H groups in total. The van der Waals surface area contributed by atoms with Gasteiger partial charge in [-0.1, -0.05) is 19.9 Å². The van der Waals surface area contributed by atoms with E-state index in [1.165, 1.54) is 56.4 Å². The summed E-state index contributed by atoms with van der Waals surface area (Å²) in [6, 6.07) is 4.24. The summed E-state index contributed by atoms with van der Waals surface area (Å²) in [5.74, 6) is 1.36. The van der Waals surface area contributed by atoms with E-state index in [0.717, 1.165) is 25.0 Å². The van der Waals surface area contributed by atoms with E-state index in [1.54, 1.807) is 0 Å². The van der Waals surface area contributed by atoms with Gasteiger partial charge < -0.3 is 4.74 Å². The number of likely N-dealkylation sites (tertiary alicyclic amines) is 1. The molecule has 0 bridgehead atoms. The van der Waals surface area contributed by atoms with Crippen LogP contribution in [0.5, 0.6) is 0 Å². The van der Waals surface area contributed by atoms with Crippen LogP contribution in [0.1, 0.15) is 64.9 Å². The van der Waals surface area contributed by atoms with Crippen molar-refractivity contribution in [2.24, 2.45) is 0 Å². The summed E-state index contributed by atoms with van der Waals surface area (Å²) in [7, 11) is 0. The van der Waals surface area contributed by atoms with Crippen LogP contribution in [0.3, 0.4) is 0 Å². The first-order valence-electron chi connectivity index (χ1n) is 10.2. The van der Waals surface area contributed by atoms with E-state index in [1.807, 2.05) is 32.3 Å². The number of thioether (sulfide) groups is 1. The Bertz CT molecular complexity index is 464. The minimum atomic E-state index is 0.245. The van der Waals surface area contributed by atoms with E-state index >= 15 is 0 Å². The van der Waals surface area contributed by atoms with Gasteiger partial charge in [0.25, 0.3) is 0 Å². The van der Waals surface area contributed by atoms with Gasteiger partial charge >= 0.3 is 0 Å². The lowest BCUT2D eigenvalue weighted by Crippen LogP contribution is -2.47.